The minimum atomic E-state index is -3.41. The molecule has 0 spiro atoms. The lowest BCUT2D eigenvalue weighted by Gasteiger charge is -2.10. The molecule has 15 heavy (non-hydrogen) atoms. The number of pyridine rings is 1. The van der Waals surface area contributed by atoms with E-state index in [0.717, 1.165) is 0 Å². The minimum absolute atomic E-state index is 0.126. The van der Waals surface area contributed by atoms with Crippen molar-refractivity contribution in [2.75, 3.05) is 13.1 Å². The molecule has 0 bridgehead atoms. The second kappa shape index (κ2) is 5.20. The van der Waals surface area contributed by atoms with E-state index in [2.05, 4.69) is 9.71 Å². The Labute approximate surface area is 89.8 Å². The molecule has 0 aromatic carbocycles. The van der Waals surface area contributed by atoms with Gasteiger partial charge in [-0.2, -0.15) is 0 Å². The van der Waals surface area contributed by atoms with E-state index in [0.29, 0.717) is 13.1 Å². The van der Waals surface area contributed by atoms with Crippen LogP contribution in [0.15, 0.2) is 29.4 Å². The summed E-state index contributed by atoms with van der Waals surface area (Å²) in [6.45, 7) is 2.69. The number of nitrogens with zero attached hydrogens (tertiary/aromatic N) is 1. The molecule has 0 saturated carbocycles. The maximum absolute atomic E-state index is 11.7. The van der Waals surface area contributed by atoms with E-state index >= 15 is 0 Å². The highest BCUT2D eigenvalue weighted by Crippen LogP contribution is 2.05. The zero-order chi connectivity index (χ0) is 11.3. The fourth-order valence-electron chi connectivity index (χ4n) is 0.936. The molecule has 1 aromatic rings. The molecule has 5 nitrogen and oxygen atoms in total. The Balaban J connectivity index is 2.69. The smallest absolute Gasteiger partial charge is 0.240 e. The van der Waals surface area contributed by atoms with Crippen molar-refractivity contribution < 1.29 is 8.42 Å². The molecule has 1 atom stereocenters. The molecule has 1 unspecified atom stereocenters. The first kappa shape index (κ1) is 12.1. The summed E-state index contributed by atoms with van der Waals surface area (Å²) in [5.74, 6) is 0.126. The first-order valence-corrected chi connectivity index (χ1v) is 6.14. The zero-order valence-corrected chi connectivity index (χ0v) is 9.37. The minimum Gasteiger partial charge on any atom is -0.330 e. The lowest BCUT2D eigenvalue weighted by Crippen LogP contribution is -2.31. The Morgan fingerprint density at radius 1 is 1.47 bits per heavy atom. The van der Waals surface area contributed by atoms with Crippen molar-refractivity contribution in [3.63, 3.8) is 0 Å². The molecule has 0 aliphatic carbocycles. The summed E-state index contributed by atoms with van der Waals surface area (Å²) < 4.78 is 25.8. The van der Waals surface area contributed by atoms with Crippen LogP contribution in [-0.4, -0.2) is 26.5 Å². The van der Waals surface area contributed by atoms with Gasteiger partial charge in [0.2, 0.25) is 10.0 Å². The van der Waals surface area contributed by atoms with Crippen molar-refractivity contribution in [2.24, 2.45) is 11.7 Å². The standard InChI is InChI=1S/C9H15N3O2S/c1-8(6-10)7-12-15(13,14)9-2-4-11-5-3-9/h2-5,8,12H,6-7,10H2,1H3. The molecule has 6 heteroatoms. The van der Waals surface area contributed by atoms with Crippen LogP contribution in [0.3, 0.4) is 0 Å². The average Bonchev–Trinajstić information content (AvgIpc) is 2.27. The van der Waals surface area contributed by atoms with Crippen molar-refractivity contribution in [3.8, 4) is 0 Å². The number of hydrogen-bond donors (Lipinski definition) is 2. The van der Waals surface area contributed by atoms with Crippen LogP contribution in [0.25, 0.3) is 0 Å². The number of sulfonamides is 1. The summed E-state index contributed by atoms with van der Waals surface area (Å²) in [4.78, 5) is 3.98. The Bertz CT molecular complexity index is 391. The van der Waals surface area contributed by atoms with E-state index in [-0.39, 0.29) is 10.8 Å². The molecule has 0 aliphatic heterocycles. The quantitative estimate of drug-likeness (QED) is 0.741. The van der Waals surface area contributed by atoms with Crippen LogP contribution in [0.1, 0.15) is 6.92 Å². The molecule has 3 N–H and O–H groups in total. The summed E-state index contributed by atoms with van der Waals surface area (Å²) in [7, 11) is -3.41. The van der Waals surface area contributed by atoms with E-state index in [4.69, 9.17) is 5.73 Å². The molecule has 0 radical (unpaired) electrons. The fraction of sp³-hybridized carbons (Fsp3) is 0.444. The van der Waals surface area contributed by atoms with E-state index in [1.807, 2.05) is 6.92 Å². The van der Waals surface area contributed by atoms with Crippen LogP contribution in [0.2, 0.25) is 0 Å². The summed E-state index contributed by atoms with van der Waals surface area (Å²) in [5, 5.41) is 0. The van der Waals surface area contributed by atoms with Crippen LogP contribution < -0.4 is 10.5 Å². The van der Waals surface area contributed by atoms with E-state index in [1.54, 1.807) is 0 Å². The summed E-state index contributed by atoms with van der Waals surface area (Å²) in [5.41, 5.74) is 5.40. The number of rotatable bonds is 5. The van der Waals surface area contributed by atoms with Crippen LogP contribution in [-0.2, 0) is 10.0 Å². The van der Waals surface area contributed by atoms with Gasteiger partial charge in [-0.3, -0.25) is 4.98 Å². The normalized spacial score (nSPS) is 13.7. The van der Waals surface area contributed by atoms with Gasteiger partial charge in [0.05, 0.1) is 4.90 Å². The third-order valence-corrected chi connectivity index (χ3v) is 3.42. The van der Waals surface area contributed by atoms with Gasteiger partial charge in [0.15, 0.2) is 0 Å². The van der Waals surface area contributed by atoms with Gasteiger partial charge in [0, 0.05) is 18.9 Å². The molecule has 1 heterocycles. The second-order valence-electron chi connectivity index (χ2n) is 3.38. The molecular weight excluding hydrogens is 214 g/mol. The fourth-order valence-corrected chi connectivity index (χ4v) is 2.09. The van der Waals surface area contributed by atoms with Crippen molar-refractivity contribution in [3.05, 3.63) is 24.5 Å². The Hall–Kier alpha value is -0.980. The van der Waals surface area contributed by atoms with Gasteiger partial charge in [-0.1, -0.05) is 6.92 Å². The number of nitrogens with two attached hydrogens (primary N) is 1. The Kier molecular flexibility index (Phi) is 4.19. The monoisotopic (exact) mass is 229 g/mol. The largest absolute Gasteiger partial charge is 0.330 e. The highest BCUT2D eigenvalue weighted by molar-refractivity contribution is 7.89. The van der Waals surface area contributed by atoms with E-state index in [9.17, 15) is 8.42 Å². The van der Waals surface area contributed by atoms with Gasteiger partial charge >= 0.3 is 0 Å². The summed E-state index contributed by atoms with van der Waals surface area (Å²) >= 11 is 0. The Morgan fingerprint density at radius 2 is 2.07 bits per heavy atom. The first-order valence-electron chi connectivity index (χ1n) is 4.66. The van der Waals surface area contributed by atoms with Gasteiger partial charge in [0.25, 0.3) is 0 Å². The average molecular weight is 229 g/mol. The molecule has 0 amide bonds. The zero-order valence-electron chi connectivity index (χ0n) is 8.55. The van der Waals surface area contributed by atoms with E-state index in [1.165, 1.54) is 24.5 Å². The predicted octanol–water partition coefficient (Wildman–Crippen LogP) is -0.0453. The van der Waals surface area contributed by atoms with Gasteiger partial charge in [0.1, 0.15) is 0 Å². The van der Waals surface area contributed by atoms with Crippen molar-refractivity contribution >= 4 is 10.0 Å². The predicted molar refractivity (Wildman–Crippen MR) is 57.6 cm³/mol. The van der Waals surface area contributed by atoms with Gasteiger partial charge in [-0.15, -0.1) is 0 Å². The van der Waals surface area contributed by atoms with Crippen LogP contribution >= 0.6 is 0 Å². The third-order valence-electron chi connectivity index (χ3n) is 1.98. The highest BCUT2D eigenvalue weighted by atomic mass is 32.2. The maximum Gasteiger partial charge on any atom is 0.240 e. The first-order chi connectivity index (χ1) is 7.06. The maximum atomic E-state index is 11.7. The number of hydrogen-bond acceptors (Lipinski definition) is 4. The lowest BCUT2D eigenvalue weighted by molar-refractivity contribution is 0.545. The van der Waals surface area contributed by atoms with Crippen molar-refractivity contribution in [2.45, 2.75) is 11.8 Å². The van der Waals surface area contributed by atoms with Crippen LogP contribution in [0.4, 0.5) is 0 Å². The van der Waals surface area contributed by atoms with Crippen molar-refractivity contribution in [1.29, 1.82) is 0 Å². The lowest BCUT2D eigenvalue weighted by atomic mass is 10.2. The number of nitrogens with one attached hydrogen (secondary N) is 1. The van der Waals surface area contributed by atoms with E-state index < -0.39 is 10.0 Å². The highest BCUT2D eigenvalue weighted by Gasteiger charge is 2.13. The third kappa shape index (κ3) is 3.58. The molecule has 0 aliphatic rings. The van der Waals surface area contributed by atoms with Crippen molar-refractivity contribution in [1.82, 2.24) is 9.71 Å². The van der Waals surface area contributed by atoms with Gasteiger partial charge in [-0.25, -0.2) is 13.1 Å². The molecule has 0 fully saturated rings. The molecule has 1 rings (SSSR count). The summed E-state index contributed by atoms with van der Waals surface area (Å²) in [6, 6.07) is 2.91. The van der Waals surface area contributed by atoms with Crippen LogP contribution in [0, 0.1) is 5.92 Å². The molecule has 84 valence electrons. The number of aromatic nitrogens is 1. The van der Waals surface area contributed by atoms with Gasteiger partial charge in [-0.05, 0) is 24.6 Å². The molecular formula is C9H15N3O2S. The topological polar surface area (TPSA) is 85.1 Å². The second-order valence-corrected chi connectivity index (χ2v) is 5.14. The Morgan fingerprint density at radius 3 is 2.60 bits per heavy atom. The van der Waals surface area contributed by atoms with Gasteiger partial charge < -0.3 is 5.73 Å². The SMILES string of the molecule is CC(CN)CNS(=O)(=O)c1ccncc1. The summed E-state index contributed by atoms with van der Waals surface area (Å²) in [6.07, 6.45) is 2.89. The van der Waals surface area contributed by atoms with Crippen LogP contribution in [0.5, 0.6) is 0 Å². The molecule has 1 aromatic heterocycles. The molecule has 0 saturated heterocycles.